The lowest BCUT2D eigenvalue weighted by atomic mass is 10.2. The van der Waals surface area contributed by atoms with Gasteiger partial charge in [0.25, 0.3) is 0 Å². The first kappa shape index (κ1) is 11.1. The molecule has 0 fully saturated rings. The molecule has 3 heteroatoms. The summed E-state index contributed by atoms with van der Waals surface area (Å²) in [7, 11) is 1.69. The number of aromatic nitrogens is 1. The average molecular weight is 221 g/mol. The number of hydrogen-bond acceptors (Lipinski definition) is 1. The molecule has 2 aromatic rings. The fourth-order valence-corrected chi connectivity index (χ4v) is 2.07. The van der Waals surface area contributed by atoms with Crippen molar-refractivity contribution in [2.75, 3.05) is 13.7 Å². The third-order valence-corrected chi connectivity index (χ3v) is 2.79. The van der Waals surface area contributed by atoms with Gasteiger partial charge in [0.1, 0.15) is 5.82 Å². The number of methoxy groups -OCH3 is 1. The molecule has 2 nitrogen and oxygen atoms in total. The monoisotopic (exact) mass is 221 g/mol. The molecule has 0 spiro atoms. The second kappa shape index (κ2) is 4.66. The van der Waals surface area contributed by atoms with Gasteiger partial charge in [0.15, 0.2) is 0 Å². The maximum absolute atomic E-state index is 13.6. The normalized spacial score (nSPS) is 11.2. The van der Waals surface area contributed by atoms with Crippen LogP contribution < -0.4 is 0 Å². The minimum absolute atomic E-state index is 0.138. The molecule has 0 bridgehead atoms. The fourth-order valence-electron chi connectivity index (χ4n) is 2.07. The van der Waals surface area contributed by atoms with Gasteiger partial charge >= 0.3 is 0 Å². The zero-order chi connectivity index (χ0) is 11.5. The van der Waals surface area contributed by atoms with Crippen LogP contribution in [0, 0.1) is 12.7 Å². The molecule has 0 saturated heterocycles. The van der Waals surface area contributed by atoms with E-state index in [2.05, 4.69) is 4.57 Å². The first-order valence-electron chi connectivity index (χ1n) is 5.47. The number of rotatable bonds is 4. The van der Waals surface area contributed by atoms with Crippen molar-refractivity contribution in [1.82, 2.24) is 4.57 Å². The van der Waals surface area contributed by atoms with Crippen LogP contribution in [-0.2, 0) is 11.3 Å². The molecule has 0 atom stereocenters. The molecule has 0 unspecified atom stereocenters. The predicted molar refractivity (Wildman–Crippen MR) is 63.1 cm³/mol. The lowest BCUT2D eigenvalue weighted by molar-refractivity contribution is 0.190. The highest BCUT2D eigenvalue weighted by molar-refractivity contribution is 5.84. The number of aryl methyl sites for hydroxylation is 2. The Morgan fingerprint density at radius 1 is 1.38 bits per heavy atom. The second-order valence-electron chi connectivity index (χ2n) is 3.99. The van der Waals surface area contributed by atoms with Crippen LogP contribution in [-0.4, -0.2) is 18.3 Å². The number of hydrogen-bond donors (Lipinski definition) is 0. The van der Waals surface area contributed by atoms with Crippen LogP contribution in [0.15, 0.2) is 24.4 Å². The number of halogens is 1. The van der Waals surface area contributed by atoms with Crippen molar-refractivity contribution in [1.29, 1.82) is 0 Å². The Morgan fingerprint density at radius 2 is 2.19 bits per heavy atom. The van der Waals surface area contributed by atoms with Gasteiger partial charge in [-0.3, -0.25) is 0 Å². The molecular formula is C13H16FNO. The standard InChI is InChI=1S/C13H16FNO/c1-10-9-15(7-4-8-16-2)12-6-3-5-11(14)13(10)12/h3,5-6,9H,4,7-8H2,1-2H3. The van der Waals surface area contributed by atoms with Crippen molar-refractivity contribution in [3.8, 4) is 0 Å². The summed E-state index contributed by atoms with van der Waals surface area (Å²) in [6, 6.07) is 5.22. The van der Waals surface area contributed by atoms with E-state index in [-0.39, 0.29) is 5.82 Å². The summed E-state index contributed by atoms with van der Waals surface area (Å²) in [6.07, 6.45) is 2.94. The van der Waals surface area contributed by atoms with E-state index in [1.54, 1.807) is 13.2 Å². The Hall–Kier alpha value is -1.35. The fraction of sp³-hybridized carbons (Fsp3) is 0.385. The van der Waals surface area contributed by atoms with E-state index in [0.717, 1.165) is 36.0 Å². The Balaban J connectivity index is 2.36. The molecule has 0 N–H and O–H groups in total. The van der Waals surface area contributed by atoms with E-state index in [0.29, 0.717) is 0 Å². The highest BCUT2D eigenvalue weighted by atomic mass is 19.1. The van der Waals surface area contributed by atoms with Crippen molar-refractivity contribution in [2.24, 2.45) is 0 Å². The molecule has 0 amide bonds. The summed E-state index contributed by atoms with van der Waals surface area (Å²) in [5.74, 6) is -0.138. The maximum atomic E-state index is 13.6. The van der Waals surface area contributed by atoms with Crippen molar-refractivity contribution in [3.63, 3.8) is 0 Å². The van der Waals surface area contributed by atoms with Crippen molar-refractivity contribution < 1.29 is 9.13 Å². The molecule has 0 aliphatic rings. The van der Waals surface area contributed by atoms with Gasteiger partial charge in [0.2, 0.25) is 0 Å². The number of benzene rings is 1. The maximum Gasteiger partial charge on any atom is 0.132 e. The Labute approximate surface area is 94.6 Å². The first-order valence-corrected chi connectivity index (χ1v) is 5.47. The van der Waals surface area contributed by atoms with Crippen molar-refractivity contribution in [3.05, 3.63) is 35.8 Å². The molecule has 2 rings (SSSR count). The minimum Gasteiger partial charge on any atom is -0.385 e. The van der Waals surface area contributed by atoms with Crippen molar-refractivity contribution >= 4 is 10.9 Å². The first-order chi connectivity index (χ1) is 7.74. The zero-order valence-corrected chi connectivity index (χ0v) is 9.66. The van der Waals surface area contributed by atoms with Crippen LogP contribution >= 0.6 is 0 Å². The van der Waals surface area contributed by atoms with E-state index >= 15 is 0 Å². The lowest BCUT2D eigenvalue weighted by Gasteiger charge is -2.04. The van der Waals surface area contributed by atoms with E-state index in [1.807, 2.05) is 19.2 Å². The summed E-state index contributed by atoms with van der Waals surface area (Å²) in [6.45, 7) is 3.54. The van der Waals surface area contributed by atoms with E-state index in [1.165, 1.54) is 6.07 Å². The number of fused-ring (bicyclic) bond motifs is 1. The SMILES string of the molecule is COCCCn1cc(C)c2c(F)cccc21. The highest BCUT2D eigenvalue weighted by Crippen LogP contribution is 2.23. The van der Waals surface area contributed by atoms with Crippen LogP contribution in [0.5, 0.6) is 0 Å². The molecule has 1 heterocycles. The van der Waals surface area contributed by atoms with E-state index < -0.39 is 0 Å². The quantitative estimate of drug-likeness (QED) is 0.723. The Kier molecular flexibility index (Phi) is 3.25. The highest BCUT2D eigenvalue weighted by Gasteiger charge is 2.08. The molecule has 0 radical (unpaired) electrons. The van der Waals surface area contributed by atoms with E-state index in [4.69, 9.17) is 4.74 Å². The van der Waals surface area contributed by atoms with E-state index in [9.17, 15) is 4.39 Å². The van der Waals surface area contributed by atoms with Gasteiger partial charge in [-0.05, 0) is 31.0 Å². The molecular weight excluding hydrogens is 205 g/mol. The van der Waals surface area contributed by atoms with Crippen LogP contribution in [0.2, 0.25) is 0 Å². The van der Waals surface area contributed by atoms with Gasteiger partial charge in [-0.25, -0.2) is 4.39 Å². The average Bonchev–Trinajstić information content (AvgIpc) is 2.58. The third kappa shape index (κ3) is 1.95. The van der Waals surface area contributed by atoms with Gasteiger partial charge < -0.3 is 9.30 Å². The lowest BCUT2D eigenvalue weighted by Crippen LogP contribution is -1.99. The molecule has 1 aromatic heterocycles. The topological polar surface area (TPSA) is 14.2 Å². The molecule has 0 aliphatic heterocycles. The zero-order valence-electron chi connectivity index (χ0n) is 9.66. The summed E-state index contributed by atoms with van der Waals surface area (Å²) < 4.78 is 20.7. The number of ether oxygens (including phenoxy) is 1. The van der Waals surface area contributed by atoms with Gasteiger partial charge in [0, 0.05) is 31.8 Å². The summed E-state index contributed by atoms with van der Waals surface area (Å²) >= 11 is 0. The summed E-state index contributed by atoms with van der Waals surface area (Å²) in [5.41, 5.74) is 1.96. The van der Waals surface area contributed by atoms with Gasteiger partial charge in [0.05, 0.1) is 5.52 Å². The third-order valence-electron chi connectivity index (χ3n) is 2.79. The number of nitrogens with zero attached hydrogens (tertiary/aromatic N) is 1. The van der Waals surface area contributed by atoms with Crippen LogP contribution in [0.25, 0.3) is 10.9 Å². The van der Waals surface area contributed by atoms with Gasteiger partial charge in [-0.1, -0.05) is 6.07 Å². The smallest absolute Gasteiger partial charge is 0.132 e. The molecule has 16 heavy (non-hydrogen) atoms. The second-order valence-corrected chi connectivity index (χ2v) is 3.99. The van der Waals surface area contributed by atoms with Gasteiger partial charge in [-0.15, -0.1) is 0 Å². The largest absolute Gasteiger partial charge is 0.385 e. The van der Waals surface area contributed by atoms with Crippen LogP contribution in [0.1, 0.15) is 12.0 Å². The summed E-state index contributed by atoms with van der Waals surface area (Å²) in [5, 5.41) is 0.736. The Bertz CT molecular complexity index is 490. The van der Waals surface area contributed by atoms with Gasteiger partial charge in [-0.2, -0.15) is 0 Å². The van der Waals surface area contributed by atoms with Crippen LogP contribution in [0.4, 0.5) is 4.39 Å². The molecule has 86 valence electrons. The predicted octanol–water partition coefficient (Wildman–Crippen LogP) is 3.13. The summed E-state index contributed by atoms with van der Waals surface area (Å²) in [4.78, 5) is 0. The van der Waals surface area contributed by atoms with Crippen molar-refractivity contribution in [2.45, 2.75) is 19.9 Å². The molecule has 0 aliphatic carbocycles. The minimum atomic E-state index is -0.138. The Morgan fingerprint density at radius 3 is 2.94 bits per heavy atom. The molecule has 1 aromatic carbocycles. The van der Waals surface area contributed by atoms with Crippen LogP contribution in [0.3, 0.4) is 0 Å². The molecule has 0 saturated carbocycles.